The van der Waals surface area contributed by atoms with E-state index in [1.54, 1.807) is 30.8 Å². The first-order valence-corrected chi connectivity index (χ1v) is 9.45. The van der Waals surface area contributed by atoms with Gasteiger partial charge in [0.1, 0.15) is 5.54 Å². The summed E-state index contributed by atoms with van der Waals surface area (Å²) in [6.07, 6.45) is 10.8. The Morgan fingerprint density at radius 2 is 2.23 bits per heavy atom. The summed E-state index contributed by atoms with van der Waals surface area (Å²) in [7, 11) is 0. The highest BCUT2D eigenvalue weighted by Gasteiger charge is 2.50. The third-order valence-electron chi connectivity index (χ3n) is 4.76. The van der Waals surface area contributed by atoms with E-state index in [-0.39, 0.29) is 18.3 Å². The summed E-state index contributed by atoms with van der Waals surface area (Å²) in [6, 6.07) is 0. The largest absolute Gasteiger partial charge is 0.379 e. The molecule has 2 aliphatic rings. The van der Waals surface area contributed by atoms with E-state index in [4.69, 9.17) is 10.7 Å². The Hall–Kier alpha value is -2.15. The highest BCUT2D eigenvalue weighted by Crippen LogP contribution is 2.43. The van der Waals surface area contributed by atoms with Crippen LogP contribution in [0.3, 0.4) is 0 Å². The van der Waals surface area contributed by atoms with Gasteiger partial charge in [0.2, 0.25) is 5.91 Å². The third kappa shape index (κ3) is 4.52. The number of nitrogens with two attached hydrogens (primary N) is 1. The summed E-state index contributed by atoms with van der Waals surface area (Å²) < 4.78 is 11.8. The van der Waals surface area contributed by atoms with E-state index in [2.05, 4.69) is 11.1 Å². The van der Waals surface area contributed by atoms with E-state index in [0.717, 1.165) is 16.9 Å². The average molecular weight is 377 g/mol. The van der Waals surface area contributed by atoms with Crippen molar-refractivity contribution in [2.75, 3.05) is 18.8 Å². The molecule has 0 spiro atoms. The van der Waals surface area contributed by atoms with E-state index in [9.17, 15) is 9.18 Å². The van der Waals surface area contributed by atoms with E-state index in [1.807, 2.05) is 30.9 Å². The van der Waals surface area contributed by atoms with E-state index in [0.29, 0.717) is 18.3 Å². The van der Waals surface area contributed by atoms with E-state index in [1.165, 1.54) is 6.20 Å². The summed E-state index contributed by atoms with van der Waals surface area (Å²) in [6.45, 7) is 7.10. The molecule has 2 aliphatic heterocycles. The number of amides is 1. The van der Waals surface area contributed by atoms with Crippen molar-refractivity contribution in [1.29, 1.82) is 0 Å². The standard InChI is InChI=1S/C19H25FN4OS/c1-4-16(7-5-6-8-22-13-20)9-14(2)19-12-24(15(3)25)10-17(19)11-26-18(21)23-19/h4-9,13,17H,10-12H2,1-3H3,(H2,21,23)/b7-5-,8-6-,14-9+,16-4-,22-13?/t17-,19+/m0/s1. The van der Waals surface area contributed by atoms with Crippen LogP contribution in [-0.4, -0.2) is 46.8 Å². The van der Waals surface area contributed by atoms with Crippen LogP contribution in [0.15, 0.2) is 57.7 Å². The number of allylic oxidation sites excluding steroid dienone is 6. The first-order chi connectivity index (χ1) is 12.4. The molecule has 0 bridgehead atoms. The van der Waals surface area contributed by atoms with Crippen molar-refractivity contribution in [3.8, 4) is 0 Å². The van der Waals surface area contributed by atoms with Crippen LogP contribution in [0.2, 0.25) is 0 Å². The van der Waals surface area contributed by atoms with Gasteiger partial charge in [-0.1, -0.05) is 36.1 Å². The minimum Gasteiger partial charge on any atom is -0.379 e. The van der Waals surface area contributed by atoms with Crippen LogP contribution in [0.4, 0.5) is 4.39 Å². The number of nitrogens with zero attached hydrogens (tertiary/aromatic N) is 3. The quantitative estimate of drug-likeness (QED) is 0.591. The van der Waals surface area contributed by atoms with Gasteiger partial charge < -0.3 is 10.6 Å². The second-order valence-corrected chi connectivity index (χ2v) is 7.39. The minimum atomic E-state index is -0.461. The fraction of sp³-hybridized carbons (Fsp3) is 0.421. The zero-order valence-corrected chi connectivity index (χ0v) is 16.2. The van der Waals surface area contributed by atoms with Crippen molar-refractivity contribution in [3.05, 3.63) is 47.7 Å². The van der Waals surface area contributed by atoms with Gasteiger partial charge in [-0.2, -0.15) is 4.39 Å². The molecule has 0 aliphatic carbocycles. The number of carbonyl (C=O) groups is 1. The summed E-state index contributed by atoms with van der Waals surface area (Å²) in [4.78, 5) is 21.9. The topological polar surface area (TPSA) is 71.0 Å². The highest BCUT2D eigenvalue weighted by atomic mass is 32.2. The minimum absolute atomic E-state index is 0.0649. The van der Waals surface area contributed by atoms with Gasteiger partial charge in [-0.25, -0.2) is 9.98 Å². The molecular formula is C19H25FN4OS. The molecule has 0 aromatic heterocycles. The lowest BCUT2D eigenvalue weighted by atomic mass is 9.81. The Morgan fingerprint density at radius 1 is 1.46 bits per heavy atom. The first-order valence-electron chi connectivity index (χ1n) is 8.46. The van der Waals surface area contributed by atoms with Gasteiger partial charge >= 0.3 is 0 Å². The fourth-order valence-electron chi connectivity index (χ4n) is 3.31. The van der Waals surface area contributed by atoms with Gasteiger partial charge in [0, 0.05) is 31.3 Å². The Bertz CT molecular complexity index is 723. The lowest BCUT2D eigenvalue weighted by molar-refractivity contribution is -0.128. The number of fused-ring (bicyclic) bond motifs is 1. The molecule has 2 N–H and O–H groups in total. The van der Waals surface area contributed by atoms with Crippen molar-refractivity contribution >= 4 is 29.3 Å². The second-order valence-electron chi connectivity index (χ2n) is 6.35. The van der Waals surface area contributed by atoms with Crippen LogP contribution < -0.4 is 5.73 Å². The van der Waals surface area contributed by atoms with Gasteiger partial charge in [-0.15, -0.1) is 0 Å². The smallest absolute Gasteiger partial charge is 0.219 e. The predicted octanol–water partition coefficient (Wildman–Crippen LogP) is 3.23. The molecule has 1 saturated heterocycles. The average Bonchev–Trinajstić information content (AvgIpc) is 3.00. The number of halogens is 1. The second kappa shape index (κ2) is 8.98. The number of rotatable bonds is 5. The highest BCUT2D eigenvalue weighted by molar-refractivity contribution is 8.13. The Morgan fingerprint density at radius 3 is 2.88 bits per heavy atom. The van der Waals surface area contributed by atoms with Crippen LogP contribution in [-0.2, 0) is 4.79 Å². The third-order valence-corrected chi connectivity index (χ3v) is 5.72. The van der Waals surface area contributed by atoms with Crippen molar-refractivity contribution in [2.24, 2.45) is 21.6 Å². The zero-order valence-electron chi connectivity index (χ0n) is 15.4. The predicted molar refractivity (Wildman–Crippen MR) is 108 cm³/mol. The first kappa shape index (κ1) is 20.2. The number of hydrogen-bond acceptors (Lipinski definition) is 5. The molecule has 2 atom stereocenters. The molecule has 2 rings (SSSR count). The maximum Gasteiger partial charge on any atom is 0.219 e. The van der Waals surface area contributed by atoms with Gasteiger partial charge in [0.15, 0.2) is 11.6 Å². The Balaban J connectivity index is 2.30. The summed E-state index contributed by atoms with van der Waals surface area (Å²) >= 11 is 1.55. The van der Waals surface area contributed by atoms with Crippen LogP contribution in [0.5, 0.6) is 0 Å². The molecule has 0 aromatic carbocycles. The van der Waals surface area contributed by atoms with Crippen molar-refractivity contribution in [3.63, 3.8) is 0 Å². The van der Waals surface area contributed by atoms with E-state index < -0.39 is 5.54 Å². The molecule has 5 nitrogen and oxygen atoms in total. The van der Waals surface area contributed by atoms with Crippen molar-refractivity contribution < 1.29 is 9.18 Å². The molecule has 1 fully saturated rings. The lowest BCUT2D eigenvalue weighted by Gasteiger charge is -2.35. The zero-order chi connectivity index (χ0) is 19.2. The monoisotopic (exact) mass is 376 g/mol. The van der Waals surface area contributed by atoms with Crippen LogP contribution in [0.1, 0.15) is 20.8 Å². The van der Waals surface area contributed by atoms with Gasteiger partial charge in [0.05, 0.1) is 6.54 Å². The number of thioether (sulfide) groups is 1. The maximum atomic E-state index is 11.9. The summed E-state index contributed by atoms with van der Waals surface area (Å²) in [5.74, 6) is 1.17. The van der Waals surface area contributed by atoms with Gasteiger partial charge in [0.25, 0.3) is 0 Å². The maximum absolute atomic E-state index is 11.9. The molecule has 2 heterocycles. The van der Waals surface area contributed by atoms with Crippen LogP contribution in [0.25, 0.3) is 0 Å². The van der Waals surface area contributed by atoms with E-state index >= 15 is 0 Å². The molecular weight excluding hydrogens is 351 g/mol. The van der Waals surface area contributed by atoms with Crippen LogP contribution in [0, 0.1) is 5.92 Å². The molecule has 0 unspecified atom stereocenters. The molecule has 1 amide bonds. The van der Waals surface area contributed by atoms with Gasteiger partial charge in [-0.3, -0.25) is 4.79 Å². The molecule has 7 heteroatoms. The van der Waals surface area contributed by atoms with Crippen molar-refractivity contribution in [1.82, 2.24) is 4.90 Å². The summed E-state index contributed by atoms with van der Waals surface area (Å²) in [5, 5.41) is 0.573. The van der Waals surface area contributed by atoms with Crippen LogP contribution >= 0.6 is 11.8 Å². The number of amidine groups is 1. The fourth-order valence-corrected chi connectivity index (χ4v) is 4.29. The van der Waals surface area contributed by atoms with Crippen molar-refractivity contribution in [2.45, 2.75) is 26.3 Å². The number of carbonyl (C=O) groups excluding carboxylic acids is 1. The molecule has 140 valence electrons. The molecule has 26 heavy (non-hydrogen) atoms. The molecule has 0 saturated carbocycles. The lowest BCUT2D eigenvalue weighted by Crippen LogP contribution is -2.43. The van der Waals surface area contributed by atoms with Gasteiger partial charge in [-0.05, 0) is 31.1 Å². The number of aliphatic imine (C=N–C) groups is 2. The normalized spacial score (nSPS) is 27.6. The molecule has 0 aromatic rings. The Kier molecular flexibility index (Phi) is 6.97. The SMILES string of the molecule is C/C=C(/C=C\C=C/N=CF)\C=C(/C)[C@]12CN(C(C)=O)C[C@H]1CSC(N)=N2. The Labute approximate surface area is 158 Å². The number of likely N-dealkylation sites (tertiary alicyclic amines) is 1. The molecule has 0 radical (unpaired) electrons. The summed E-state index contributed by atoms with van der Waals surface area (Å²) in [5.41, 5.74) is 7.64. The number of hydrogen-bond donors (Lipinski definition) is 1.